The number of nitrogens with zero attached hydrogens (tertiary/aromatic N) is 3. The number of aromatic nitrogens is 2. The molecule has 0 spiro atoms. The van der Waals surface area contributed by atoms with Crippen LogP contribution in [0.25, 0.3) is 0 Å². The van der Waals surface area contributed by atoms with Gasteiger partial charge in [0.1, 0.15) is 0 Å². The van der Waals surface area contributed by atoms with Crippen LogP contribution in [0.1, 0.15) is 11.3 Å². The van der Waals surface area contributed by atoms with Crippen molar-refractivity contribution in [3.05, 3.63) is 53.9 Å². The number of benzene rings is 1. The van der Waals surface area contributed by atoms with Gasteiger partial charge in [-0.1, -0.05) is 30.3 Å². The minimum Gasteiger partial charge on any atom is -0.297 e. The predicted octanol–water partition coefficient (Wildman–Crippen LogP) is 2.54. The molecule has 1 aromatic heterocycles. The minimum absolute atomic E-state index is 0.0277. The molecule has 0 radical (unpaired) electrons. The van der Waals surface area contributed by atoms with Crippen LogP contribution in [0.2, 0.25) is 0 Å². The number of halogens is 3. The highest BCUT2D eigenvalue weighted by molar-refractivity contribution is 5.31. The molecule has 110 valence electrons. The Morgan fingerprint density at radius 3 is 2.38 bits per heavy atom. The van der Waals surface area contributed by atoms with Crippen LogP contribution in [-0.2, 0) is 18.3 Å². The first-order valence-corrected chi connectivity index (χ1v) is 6.17. The summed E-state index contributed by atoms with van der Waals surface area (Å²) in [5.74, 6) is 0. The van der Waals surface area contributed by atoms with Gasteiger partial charge in [0, 0.05) is 6.20 Å². The standard InChI is InChI=1S/C14H13F3N4/c1-19-13(9-18,11-5-3-2-4-6-11)10-21-8-7-12(20-21)14(15,16)17/h2-8,19H,10H2,1H3. The lowest BCUT2D eigenvalue weighted by Gasteiger charge is -2.26. The lowest BCUT2D eigenvalue weighted by molar-refractivity contribution is -0.141. The van der Waals surface area contributed by atoms with E-state index in [1.165, 1.54) is 6.20 Å². The molecule has 4 nitrogen and oxygen atoms in total. The van der Waals surface area contributed by atoms with Gasteiger partial charge >= 0.3 is 6.18 Å². The molecule has 2 rings (SSSR count). The molecule has 1 aromatic carbocycles. The summed E-state index contributed by atoms with van der Waals surface area (Å²) in [4.78, 5) is 0. The van der Waals surface area contributed by atoms with Crippen LogP contribution in [0.3, 0.4) is 0 Å². The van der Waals surface area contributed by atoms with Crippen LogP contribution < -0.4 is 5.32 Å². The summed E-state index contributed by atoms with van der Waals surface area (Å²) in [6, 6.07) is 11.8. The van der Waals surface area contributed by atoms with E-state index in [9.17, 15) is 18.4 Å². The van der Waals surface area contributed by atoms with Crippen LogP contribution >= 0.6 is 0 Å². The zero-order chi connectivity index (χ0) is 15.5. The normalized spacial score (nSPS) is 14.4. The van der Waals surface area contributed by atoms with Crippen LogP contribution in [-0.4, -0.2) is 16.8 Å². The van der Waals surface area contributed by atoms with Crippen molar-refractivity contribution in [1.82, 2.24) is 15.1 Å². The first-order chi connectivity index (χ1) is 9.91. The fourth-order valence-electron chi connectivity index (χ4n) is 2.04. The van der Waals surface area contributed by atoms with Crippen LogP contribution in [0.15, 0.2) is 42.6 Å². The number of nitrogens with one attached hydrogen (secondary N) is 1. The van der Waals surface area contributed by atoms with E-state index in [2.05, 4.69) is 16.5 Å². The average molecular weight is 294 g/mol. The van der Waals surface area contributed by atoms with E-state index in [1.54, 1.807) is 37.4 Å². The molecule has 7 heteroatoms. The van der Waals surface area contributed by atoms with Crippen molar-refractivity contribution in [2.75, 3.05) is 7.05 Å². The van der Waals surface area contributed by atoms with E-state index >= 15 is 0 Å². The molecule has 0 bridgehead atoms. The van der Waals surface area contributed by atoms with Crippen molar-refractivity contribution in [2.45, 2.75) is 18.3 Å². The maximum Gasteiger partial charge on any atom is 0.435 e. The second-order valence-corrected chi connectivity index (χ2v) is 4.53. The van der Waals surface area contributed by atoms with E-state index < -0.39 is 17.4 Å². The third-order valence-corrected chi connectivity index (χ3v) is 3.21. The Morgan fingerprint density at radius 2 is 1.90 bits per heavy atom. The van der Waals surface area contributed by atoms with Gasteiger partial charge in [0.05, 0.1) is 12.6 Å². The maximum absolute atomic E-state index is 12.6. The lowest BCUT2D eigenvalue weighted by Crippen LogP contribution is -2.42. The topological polar surface area (TPSA) is 53.6 Å². The molecule has 1 N–H and O–H groups in total. The van der Waals surface area contributed by atoms with Gasteiger partial charge in [0.25, 0.3) is 0 Å². The summed E-state index contributed by atoms with van der Waals surface area (Å²) >= 11 is 0. The number of hydrogen-bond acceptors (Lipinski definition) is 3. The van der Waals surface area contributed by atoms with Gasteiger partial charge in [-0.15, -0.1) is 0 Å². The van der Waals surface area contributed by atoms with Gasteiger partial charge in [-0.05, 0) is 18.7 Å². The fourth-order valence-corrected chi connectivity index (χ4v) is 2.04. The monoisotopic (exact) mass is 294 g/mol. The first-order valence-electron chi connectivity index (χ1n) is 6.17. The summed E-state index contributed by atoms with van der Waals surface area (Å²) in [6.45, 7) is -0.0277. The second-order valence-electron chi connectivity index (χ2n) is 4.53. The van der Waals surface area contributed by atoms with Gasteiger partial charge in [0.15, 0.2) is 11.2 Å². The summed E-state index contributed by atoms with van der Waals surface area (Å²) in [6.07, 6.45) is -3.28. The number of alkyl halides is 3. The van der Waals surface area contributed by atoms with Crippen molar-refractivity contribution >= 4 is 0 Å². The molecule has 0 saturated carbocycles. The Labute approximate surface area is 119 Å². The van der Waals surface area contributed by atoms with Gasteiger partial charge < -0.3 is 0 Å². The molecular formula is C14H13F3N4. The summed E-state index contributed by atoms with van der Waals surface area (Å²) in [5.41, 5.74) is -1.45. The van der Waals surface area contributed by atoms with E-state index in [0.717, 1.165) is 10.7 Å². The second kappa shape index (κ2) is 5.58. The van der Waals surface area contributed by atoms with Crippen LogP contribution in [0.5, 0.6) is 0 Å². The molecular weight excluding hydrogens is 281 g/mol. The molecule has 0 aliphatic rings. The molecule has 0 fully saturated rings. The smallest absolute Gasteiger partial charge is 0.297 e. The Balaban J connectivity index is 2.34. The molecule has 1 unspecified atom stereocenters. The van der Waals surface area contributed by atoms with Crippen molar-refractivity contribution in [1.29, 1.82) is 5.26 Å². The molecule has 2 aromatic rings. The largest absolute Gasteiger partial charge is 0.435 e. The third-order valence-electron chi connectivity index (χ3n) is 3.21. The maximum atomic E-state index is 12.6. The lowest BCUT2D eigenvalue weighted by atomic mass is 9.91. The summed E-state index contributed by atoms with van der Waals surface area (Å²) in [7, 11) is 1.59. The average Bonchev–Trinajstić information content (AvgIpc) is 2.94. The Kier molecular flexibility index (Phi) is 4.00. The minimum atomic E-state index is -4.49. The number of hydrogen-bond donors (Lipinski definition) is 1. The van der Waals surface area contributed by atoms with Crippen LogP contribution in [0, 0.1) is 11.3 Å². The van der Waals surface area contributed by atoms with Gasteiger partial charge in [-0.25, -0.2) is 0 Å². The zero-order valence-corrected chi connectivity index (χ0v) is 11.2. The zero-order valence-electron chi connectivity index (χ0n) is 11.2. The SMILES string of the molecule is CNC(C#N)(Cn1ccc(C(F)(F)F)n1)c1ccccc1. The van der Waals surface area contributed by atoms with E-state index in [1.807, 2.05) is 0 Å². The molecule has 1 heterocycles. The van der Waals surface area contributed by atoms with Crippen LogP contribution in [0.4, 0.5) is 13.2 Å². The summed E-state index contributed by atoms with van der Waals surface area (Å²) < 4.78 is 38.8. The molecule has 0 aliphatic carbocycles. The Morgan fingerprint density at radius 1 is 1.24 bits per heavy atom. The molecule has 0 aliphatic heterocycles. The highest BCUT2D eigenvalue weighted by atomic mass is 19.4. The first kappa shape index (κ1) is 15.1. The highest BCUT2D eigenvalue weighted by Gasteiger charge is 2.35. The van der Waals surface area contributed by atoms with E-state index in [0.29, 0.717) is 5.56 Å². The van der Waals surface area contributed by atoms with Gasteiger partial charge in [0.2, 0.25) is 0 Å². The number of nitriles is 1. The molecule has 1 atom stereocenters. The third kappa shape index (κ3) is 3.06. The molecule has 21 heavy (non-hydrogen) atoms. The van der Waals surface area contributed by atoms with E-state index in [-0.39, 0.29) is 6.54 Å². The summed E-state index contributed by atoms with van der Waals surface area (Å²) in [5, 5.41) is 15.8. The Hall–Kier alpha value is -2.33. The predicted molar refractivity (Wildman–Crippen MR) is 70.0 cm³/mol. The van der Waals surface area contributed by atoms with Crippen molar-refractivity contribution in [2.24, 2.45) is 0 Å². The van der Waals surface area contributed by atoms with E-state index in [4.69, 9.17) is 0 Å². The van der Waals surface area contributed by atoms with Crippen molar-refractivity contribution < 1.29 is 13.2 Å². The number of likely N-dealkylation sites (N-methyl/N-ethyl adjacent to an activating group) is 1. The number of rotatable bonds is 4. The molecule has 0 amide bonds. The van der Waals surface area contributed by atoms with Gasteiger partial charge in [-0.2, -0.15) is 23.5 Å². The Bertz CT molecular complexity index is 642. The molecule has 0 saturated heterocycles. The van der Waals surface area contributed by atoms with Crippen molar-refractivity contribution in [3.8, 4) is 6.07 Å². The quantitative estimate of drug-likeness (QED) is 0.942. The fraction of sp³-hybridized carbons (Fsp3) is 0.286. The van der Waals surface area contributed by atoms with Gasteiger partial charge in [-0.3, -0.25) is 10.00 Å². The van der Waals surface area contributed by atoms with Crippen molar-refractivity contribution in [3.63, 3.8) is 0 Å². The highest BCUT2D eigenvalue weighted by Crippen LogP contribution is 2.28.